The van der Waals surface area contributed by atoms with Crippen LogP contribution in [-0.4, -0.2) is 24.7 Å². The van der Waals surface area contributed by atoms with Crippen LogP contribution in [0.25, 0.3) is 0 Å². The van der Waals surface area contributed by atoms with Gasteiger partial charge in [0.05, 0.1) is 0 Å². The fourth-order valence-corrected chi connectivity index (χ4v) is 1.46. The normalized spacial score (nSPS) is 30.1. The third-order valence-electron chi connectivity index (χ3n) is 2.65. The fraction of sp³-hybridized carbons (Fsp3) is 0.900. The summed E-state index contributed by atoms with van der Waals surface area (Å²) in [6.07, 6.45) is 1.75. The third kappa shape index (κ3) is 2.69. The van der Waals surface area contributed by atoms with Crippen LogP contribution in [0.3, 0.4) is 0 Å². The number of amides is 1. The summed E-state index contributed by atoms with van der Waals surface area (Å²) in [4.78, 5) is 11.6. The van der Waals surface area contributed by atoms with Crippen molar-refractivity contribution in [3.63, 3.8) is 0 Å². The highest BCUT2D eigenvalue weighted by Crippen LogP contribution is 2.20. The maximum absolute atomic E-state index is 11.6. The van der Waals surface area contributed by atoms with Crippen LogP contribution < -0.4 is 5.32 Å². The summed E-state index contributed by atoms with van der Waals surface area (Å²) in [6, 6.07) is 0.254. The van der Waals surface area contributed by atoms with E-state index in [4.69, 9.17) is 4.74 Å². The van der Waals surface area contributed by atoms with Crippen LogP contribution in [0.5, 0.6) is 0 Å². The standard InChI is InChI=1S/C10H19NO2/c1-4-8(3)11-10(12)9-7(2)5-6-13-9/h7-9H,4-6H2,1-3H3,(H,11,12). The van der Waals surface area contributed by atoms with Crippen molar-refractivity contribution >= 4 is 5.91 Å². The molecule has 3 nitrogen and oxygen atoms in total. The maximum atomic E-state index is 11.6. The molecule has 0 aromatic rings. The Morgan fingerprint density at radius 3 is 2.85 bits per heavy atom. The van der Waals surface area contributed by atoms with E-state index in [2.05, 4.69) is 19.2 Å². The van der Waals surface area contributed by atoms with Crippen molar-refractivity contribution in [2.24, 2.45) is 5.92 Å². The summed E-state index contributed by atoms with van der Waals surface area (Å²) < 4.78 is 5.36. The largest absolute Gasteiger partial charge is 0.368 e. The van der Waals surface area contributed by atoms with Crippen LogP contribution in [0.2, 0.25) is 0 Å². The molecule has 1 fully saturated rings. The zero-order valence-electron chi connectivity index (χ0n) is 8.67. The van der Waals surface area contributed by atoms with Crippen LogP contribution in [0.4, 0.5) is 0 Å². The van der Waals surface area contributed by atoms with Crippen LogP contribution in [0.15, 0.2) is 0 Å². The molecule has 76 valence electrons. The van der Waals surface area contributed by atoms with Gasteiger partial charge in [0.15, 0.2) is 0 Å². The highest BCUT2D eigenvalue weighted by Gasteiger charge is 2.30. The summed E-state index contributed by atoms with van der Waals surface area (Å²) in [5.74, 6) is 0.420. The summed E-state index contributed by atoms with van der Waals surface area (Å²) in [5.41, 5.74) is 0. The smallest absolute Gasteiger partial charge is 0.249 e. The minimum absolute atomic E-state index is 0.0550. The predicted molar refractivity (Wildman–Crippen MR) is 51.4 cm³/mol. The van der Waals surface area contributed by atoms with E-state index in [1.54, 1.807) is 0 Å². The van der Waals surface area contributed by atoms with Gasteiger partial charge in [-0.25, -0.2) is 0 Å². The second kappa shape index (κ2) is 4.61. The molecule has 1 heterocycles. The number of carbonyl (C=O) groups excluding carboxylic acids is 1. The van der Waals surface area contributed by atoms with Gasteiger partial charge in [0.25, 0.3) is 0 Å². The molecule has 1 saturated heterocycles. The number of hydrogen-bond acceptors (Lipinski definition) is 2. The van der Waals surface area contributed by atoms with E-state index < -0.39 is 0 Å². The lowest BCUT2D eigenvalue weighted by Crippen LogP contribution is -2.41. The van der Waals surface area contributed by atoms with Gasteiger partial charge in [-0.15, -0.1) is 0 Å². The molecule has 1 amide bonds. The molecule has 13 heavy (non-hydrogen) atoms. The molecule has 3 heteroatoms. The minimum Gasteiger partial charge on any atom is -0.368 e. The van der Waals surface area contributed by atoms with Gasteiger partial charge in [-0.1, -0.05) is 13.8 Å². The number of ether oxygens (including phenoxy) is 1. The van der Waals surface area contributed by atoms with E-state index in [9.17, 15) is 4.79 Å². The molecule has 0 aromatic heterocycles. The average Bonchev–Trinajstić information content (AvgIpc) is 2.51. The predicted octanol–water partition coefficient (Wildman–Crippen LogP) is 1.33. The number of nitrogens with one attached hydrogen (secondary N) is 1. The van der Waals surface area contributed by atoms with Gasteiger partial charge in [0.2, 0.25) is 5.91 Å². The van der Waals surface area contributed by atoms with Crippen molar-refractivity contribution in [3.8, 4) is 0 Å². The van der Waals surface area contributed by atoms with Gasteiger partial charge >= 0.3 is 0 Å². The summed E-state index contributed by atoms with van der Waals surface area (Å²) in [7, 11) is 0. The van der Waals surface area contributed by atoms with Crippen molar-refractivity contribution in [3.05, 3.63) is 0 Å². The van der Waals surface area contributed by atoms with Crippen molar-refractivity contribution in [2.45, 2.75) is 45.8 Å². The Bertz CT molecular complexity index is 182. The van der Waals surface area contributed by atoms with E-state index >= 15 is 0 Å². The minimum atomic E-state index is -0.214. The molecule has 1 aliphatic rings. The molecule has 0 spiro atoms. The third-order valence-corrected chi connectivity index (χ3v) is 2.65. The molecule has 0 saturated carbocycles. The van der Waals surface area contributed by atoms with Gasteiger partial charge in [-0.2, -0.15) is 0 Å². The number of hydrogen-bond donors (Lipinski definition) is 1. The second-order valence-electron chi connectivity index (χ2n) is 3.88. The van der Waals surface area contributed by atoms with Crippen LogP contribution in [0.1, 0.15) is 33.6 Å². The van der Waals surface area contributed by atoms with Crippen LogP contribution in [0, 0.1) is 5.92 Å². The Hall–Kier alpha value is -0.570. The van der Waals surface area contributed by atoms with Crippen molar-refractivity contribution in [1.29, 1.82) is 0 Å². The molecule has 1 rings (SSSR count). The molecular formula is C10H19NO2. The lowest BCUT2D eigenvalue weighted by molar-refractivity contribution is -0.132. The van der Waals surface area contributed by atoms with Gasteiger partial charge in [0.1, 0.15) is 6.10 Å². The van der Waals surface area contributed by atoms with E-state index in [0.717, 1.165) is 19.4 Å². The Morgan fingerprint density at radius 2 is 2.38 bits per heavy atom. The zero-order valence-corrected chi connectivity index (χ0v) is 8.67. The summed E-state index contributed by atoms with van der Waals surface area (Å²) in [6.45, 7) is 6.86. The average molecular weight is 185 g/mol. The Kier molecular flexibility index (Phi) is 3.72. The van der Waals surface area contributed by atoms with E-state index in [-0.39, 0.29) is 18.1 Å². The fourth-order valence-electron chi connectivity index (χ4n) is 1.46. The molecule has 3 atom stereocenters. The Balaban J connectivity index is 2.38. The summed E-state index contributed by atoms with van der Waals surface area (Å²) in [5, 5.41) is 2.94. The highest BCUT2D eigenvalue weighted by atomic mass is 16.5. The van der Waals surface area contributed by atoms with Gasteiger partial charge in [0, 0.05) is 12.6 Å². The number of rotatable bonds is 3. The van der Waals surface area contributed by atoms with Gasteiger partial charge < -0.3 is 10.1 Å². The first-order valence-electron chi connectivity index (χ1n) is 5.07. The maximum Gasteiger partial charge on any atom is 0.249 e. The molecule has 0 aromatic carbocycles. The van der Waals surface area contributed by atoms with E-state index in [0.29, 0.717) is 5.92 Å². The van der Waals surface area contributed by atoms with Crippen molar-refractivity contribution in [2.75, 3.05) is 6.61 Å². The summed E-state index contributed by atoms with van der Waals surface area (Å²) >= 11 is 0. The molecule has 1 aliphatic heterocycles. The molecular weight excluding hydrogens is 166 g/mol. The first kappa shape index (κ1) is 10.5. The van der Waals surface area contributed by atoms with E-state index in [1.807, 2.05) is 6.92 Å². The Labute approximate surface area is 79.8 Å². The molecule has 1 N–H and O–H groups in total. The number of carbonyl (C=O) groups is 1. The highest BCUT2D eigenvalue weighted by molar-refractivity contribution is 5.81. The molecule has 0 bridgehead atoms. The zero-order chi connectivity index (χ0) is 9.84. The SMILES string of the molecule is CCC(C)NC(=O)C1OCCC1C. The quantitative estimate of drug-likeness (QED) is 0.720. The first-order valence-corrected chi connectivity index (χ1v) is 5.07. The topological polar surface area (TPSA) is 38.3 Å². The van der Waals surface area contributed by atoms with Crippen molar-refractivity contribution in [1.82, 2.24) is 5.32 Å². The van der Waals surface area contributed by atoms with Crippen molar-refractivity contribution < 1.29 is 9.53 Å². The van der Waals surface area contributed by atoms with Crippen LogP contribution in [-0.2, 0) is 9.53 Å². The molecule has 3 unspecified atom stereocenters. The van der Waals surface area contributed by atoms with Gasteiger partial charge in [-0.3, -0.25) is 4.79 Å². The van der Waals surface area contributed by atoms with Crippen LogP contribution >= 0.6 is 0 Å². The lowest BCUT2D eigenvalue weighted by atomic mass is 10.0. The molecule has 0 radical (unpaired) electrons. The molecule has 0 aliphatic carbocycles. The second-order valence-corrected chi connectivity index (χ2v) is 3.88. The van der Waals surface area contributed by atoms with Gasteiger partial charge in [-0.05, 0) is 25.7 Å². The Morgan fingerprint density at radius 1 is 1.69 bits per heavy atom. The first-order chi connectivity index (χ1) is 6.15. The monoisotopic (exact) mass is 185 g/mol. The lowest BCUT2D eigenvalue weighted by Gasteiger charge is -2.17. The van der Waals surface area contributed by atoms with E-state index in [1.165, 1.54) is 0 Å².